The molecule has 1 N–H and O–H groups in total. The summed E-state index contributed by atoms with van der Waals surface area (Å²) in [5.74, 6) is -0.0854. The molecule has 0 aliphatic rings. The van der Waals surface area contributed by atoms with Crippen LogP contribution < -0.4 is 5.32 Å². The topological polar surface area (TPSA) is 72.7 Å². The molecule has 0 radical (unpaired) electrons. The molecule has 0 fully saturated rings. The molecule has 2 aromatic carbocycles. The minimum absolute atomic E-state index is 0.0854. The molecule has 0 atom stereocenters. The van der Waals surface area contributed by atoms with Crippen molar-refractivity contribution < 1.29 is 4.79 Å². The zero-order valence-corrected chi connectivity index (χ0v) is 15.3. The van der Waals surface area contributed by atoms with Crippen LogP contribution in [0.5, 0.6) is 0 Å². The normalized spacial score (nSPS) is 10.7. The van der Waals surface area contributed by atoms with Crippen molar-refractivity contribution in [1.82, 2.24) is 19.7 Å². The summed E-state index contributed by atoms with van der Waals surface area (Å²) >= 11 is 1.55. The van der Waals surface area contributed by atoms with E-state index < -0.39 is 0 Å². The first-order chi connectivity index (χ1) is 13.3. The molecule has 4 aromatic rings. The van der Waals surface area contributed by atoms with E-state index in [0.29, 0.717) is 6.54 Å². The van der Waals surface area contributed by atoms with Gasteiger partial charge in [-0.1, -0.05) is 42.5 Å². The van der Waals surface area contributed by atoms with Crippen LogP contribution in [0.2, 0.25) is 0 Å². The number of anilines is 1. The van der Waals surface area contributed by atoms with Gasteiger partial charge in [-0.25, -0.2) is 14.6 Å². The van der Waals surface area contributed by atoms with Gasteiger partial charge < -0.3 is 5.32 Å². The van der Waals surface area contributed by atoms with Gasteiger partial charge in [-0.05, 0) is 17.7 Å². The van der Waals surface area contributed by atoms with Crippen molar-refractivity contribution in [2.24, 2.45) is 0 Å². The molecule has 0 saturated carbocycles. The Hall–Kier alpha value is -3.32. The third-order valence-electron chi connectivity index (χ3n) is 3.94. The predicted molar refractivity (Wildman–Crippen MR) is 105 cm³/mol. The maximum atomic E-state index is 12.4. The predicted octanol–water partition coefficient (Wildman–Crippen LogP) is 3.63. The maximum absolute atomic E-state index is 12.4. The van der Waals surface area contributed by atoms with E-state index in [9.17, 15) is 4.79 Å². The number of rotatable bonds is 6. The molecule has 0 unspecified atom stereocenters. The molecule has 0 aliphatic carbocycles. The van der Waals surface area contributed by atoms with Crippen molar-refractivity contribution in [3.05, 3.63) is 83.9 Å². The molecule has 0 saturated heterocycles. The van der Waals surface area contributed by atoms with Gasteiger partial charge in [0.15, 0.2) is 0 Å². The first kappa shape index (κ1) is 17.1. The van der Waals surface area contributed by atoms with Crippen LogP contribution in [0.1, 0.15) is 11.3 Å². The Labute approximate surface area is 160 Å². The van der Waals surface area contributed by atoms with E-state index in [1.54, 1.807) is 22.3 Å². The van der Waals surface area contributed by atoms with Crippen LogP contribution in [0, 0.1) is 0 Å². The average molecular weight is 375 g/mol. The lowest BCUT2D eigenvalue weighted by molar-refractivity contribution is -0.115. The van der Waals surface area contributed by atoms with Gasteiger partial charge in [-0.15, -0.1) is 11.3 Å². The summed E-state index contributed by atoms with van der Waals surface area (Å²) in [5.41, 5.74) is 3.64. The Morgan fingerprint density at radius 3 is 2.81 bits per heavy atom. The minimum atomic E-state index is -0.0854. The number of hydrogen-bond acceptors (Lipinski definition) is 5. The van der Waals surface area contributed by atoms with Gasteiger partial charge in [0.1, 0.15) is 17.7 Å². The molecule has 6 nitrogen and oxygen atoms in total. The van der Waals surface area contributed by atoms with Crippen molar-refractivity contribution in [2.75, 3.05) is 5.32 Å². The zero-order chi connectivity index (χ0) is 18.5. The molecule has 7 heteroatoms. The van der Waals surface area contributed by atoms with Gasteiger partial charge in [0, 0.05) is 16.6 Å². The van der Waals surface area contributed by atoms with E-state index in [4.69, 9.17) is 0 Å². The molecule has 0 spiro atoms. The number of carbonyl (C=O) groups excluding carboxylic acids is 1. The minimum Gasteiger partial charge on any atom is -0.326 e. The third-order valence-corrected chi connectivity index (χ3v) is 4.88. The summed E-state index contributed by atoms with van der Waals surface area (Å²) < 4.78 is 1.74. The SMILES string of the molecule is O=C(Cc1csc(-c2ccccc2)n1)Nc1cccc(Cn2cncn2)c1. The summed E-state index contributed by atoms with van der Waals surface area (Å²) in [6.07, 6.45) is 3.41. The first-order valence-electron chi connectivity index (χ1n) is 8.47. The molecule has 1 amide bonds. The van der Waals surface area contributed by atoms with E-state index in [0.717, 1.165) is 27.5 Å². The third kappa shape index (κ3) is 4.45. The van der Waals surface area contributed by atoms with Crippen molar-refractivity contribution in [1.29, 1.82) is 0 Å². The molecule has 0 aliphatic heterocycles. The lowest BCUT2D eigenvalue weighted by atomic mass is 10.2. The van der Waals surface area contributed by atoms with Gasteiger partial charge in [-0.3, -0.25) is 4.79 Å². The number of carbonyl (C=O) groups is 1. The Bertz CT molecular complexity index is 1030. The van der Waals surface area contributed by atoms with Gasteiger partial charge in [-0.2, -0.15) is 5.10 Å². The second-order valence-corrected chi connectivity index (χ2v) is 6.89. The Morgan fingerprint density at radius 1 is 1.11 bits per heavy atom. The van der Waals surface area contributed by atoms with Crippen LogP contribution in [0.25, 0.3) is 10.6 Å². The number of amides is 1. The van der Waals surface area contributed by atoms with Gasteiger partial charge in [0.25, 0.3) is 0 Å². The molecule has 4 rings (SSSR count). The number of nitrogens with one attached hydrogen (secondary N) is 1. The number of hydrogen-bond donors (Lipinski definition) is 1. The van der Waals surface area contributed by atoms with Crippen molar-refractivity contribution in [2.45, 2.75) is 13.0 Å². The summed E-state index contributed by atoms with van der Waals surface area (Å²) in [7, 11) is 0. The van der Waals surface area contributed by atoms with Crippen molar-refractivity contribution in [3.8, 4) is 10.6 Å². The Morgan fingerprint density at radius 2 is 2.00 bits per heavy atom. The summed E-state index contributed by atoms with van der Waals surface area (Å²) in [6, 6.07) is 17.7. The maximum Gasteiger partial charge on any atom is 0.230 e. The van der Waals surface area contributed by atoms with Crippen LogP contribution in [-0.4, -0.2) is 25.7 Å². The molecular weight excluding hydrogens is 358 g/mol. The quantitative estimate of drug-likeness (QED) is 0.558. The fourth-order valence-electron chi connectivity index (χ4n) is 2.72. The van der Waals surface area contributed by atoms with E-state index >= 15 is 0 Å². The number of thiazole rings is 1. The zero-order valence-electron chi connectivity index (χ0n) is 14.4. The van der Waals surface area contributed by atoms with Crippen LogP contribution in [0.4, 0.5) is 5.69 Å². The van der Waals surface area contributed by atoms with Crippen LogP contribution >= 0.6 is 11.3 Å². The average Bonchev–Trinajstić information content (AvgIpc) is 3.35. The van der Waals surface area contributed by atoms with Crippen LogP contribution in [-0.2, 0) is 17.8 Å². The summed E-state index contributed by atoms with van der Waals surface area (Å²) in [4.78, 5) is 20.9. The van der Waals surface area contributed by atoms with Gasteiger partial charge in [0.2, 0.25) is 5.91 Å². The highest BCUT2D eigenvalue weighted by Crippen LogP contribution is 2.23. The second kappa shape index (κ2) is 7.92. The molecule has 134 valence electrons. The van der Waals surface area contributed by atoms with Crippen LogP contribution in [0.3, 0.4) is 0 Å². The molecule has 0 bridgehead atoms. The highest BCUT2D eigenvalue weighted by molar-refractivity contribution is 7.13. The summed E-state index contributed by atoms with van der Waals surface area (Å²) in [5, 5.41) is 9.89. The van der Waals surface area contributed by atoms with E-state index in [-0.39, 0.29) is 12.3 Å². The van der Waals surface area contributed by atoms with Gasteiger partial charge >= 0.3 is 0 Å². The largest absolute Gasteiger partial charge is 0.326 e. The molecule has 2 heterocycles. The molecular formula is C20H17N5OS. The Balaban J connectivity index is 1.39. The highest BCUT2D eigenvalue weighted by Gasteiger charge is 2.09. The molecule has 2 aromatic heterocycles. The lowest BCUT2D eigenvalue weighted by Gasteiger charge is -2.07. The van der Waals surface area contributed by atoms with Gasteiger partial charge in [0.05, 0.1) is 18.7 Å². The van der Waals surface area contributed by atoms with Crippen LogP contribution in [0.15, 0.2) is 72.6 Å². The van der Waals surface area contributed by atoms with E-state index in [1.165, 1.54) is 6.33 Å². The highest BCUT2D eigenvalue weighted by atomic mass is 32.1. The van der Waals surface area contributed by atoms with Crippen molar-refractivity contribution in [3.63, 3.8) is 0 Å². The van der Waals surface area contributed by atoms with E-state index in [1.807, 2.05) is 60.0 Å². The monoisotopic (exact) mass is 375 g/mol. The molecule has 27 heavy (non-hydrogen) atoms. The Kier molecular flexibility index (Phi) is 5.02. The fraction of sp³-hybridized carbons (Fsp3) is 0.100. The number of aromatic nitrogens is 4. The number of benzene rings is 2. The smallest absolute Gasteiger partial charge is 0.230 e. The van der Waals surface area contributed by atoms with E-state index in [2.05, 4.69) is 20.4 Å². The van der Waals surface area contributed by atoms with Crippen molar-refractivity contribution >= 4 is 22.9 Å². The summed E-state index contributed by atoms with van der Waals surface area (Å²) in [6.45, 7) is 0.607. The second-order valence-electron chi connectivity index (χ2n) is 6.03. The first-order valence-corrected chi connectivity index (χ1v) is 9.35. The fourth-order valence-corrected chi connectivity index (χ4v) is 3.55. The lowest BCUT2D eigenvalue weighted by Crippen LogP contribution is -2.14. The number of nitrogens with zero attached hydrogens (tertiary/aromatic N) is 4. The standard InChI is InChI=1S/C20H17N5OS/c26-19(10-18-12-27-20(24-18)16-6-2-1-3-7-16)23-17-8-4-5-15(9-17)11-25-14-21-13-22-25/h1-9,12-14H,10-11H2,(H,23,26).